The summed E-state index contributed by atoms with van der Waals surface area (Å²) in [6, 6.07) is 10.3. The molecule has 0 unspecified atom stereocenters. The van der Waals surface area contributed by atoms with E-state index in [2.05, 4.69) is 15.3 Å². The van der Waals surface area contributed by atoms with Gasteiger partial charge in [-0.05, 0) is 17.0 Å². The topological polar surface area (TPSA) is 75.1 Å². The zero-order valence-corrected chi connectivity index (χ0v) is 17.9. The number of anilines is 1. The Morgan fingerprint density at radius 1 is 0.941 bits per heavy atom. The number of nitrogens with one attached hydrogen (secondary N) is 1. The molecule has 0 atom stereocenters. The fourth-order valence-corrected chi connectivity index (χ4v) is 3.84. The molecule has 4 rings (SSSR count). The van der Waals surface area contributed by atoms with Crippen molar-refractivity contribution in [3.05, 3.63) is 88.2 Å². The fraction of sp³-hybridized carbons (Fsp3) is 0.0870. The van der Waals surface area contributed by atoms with Crippen molar-refractivity contribution >= 4 is 23.1 Å². The van der Waals surface area contributed by atoms with Gasteiger partial charge in [-0.1, -0.05) is 30.3 Å². The van der Waals surface area contributed by atoms with Gasteiger partial charge in [0, 0.05) is 11.1 Å². The Morgan fingerprint density at radius 2 is 1.59 bits per heavy atom. The van der Waals surface area contributed by atoms with Crippen LogP contribution < -0.4 is 5.32 Å². The number of carbonyl (C=O) groups is 1. The Labute approximate surface area is 193 Å². The average Bonchev–Trinajstić information content (AvgIpc) is 3.39. The first-order valence-electron chi connectivity index (χ1n) is 9.71. The van der Waals surface area contributed by atoms with Crippen molar-refractivity contribution in [2.75, 3.05) is 5.32 Å². The zero-order chi connectivity index (χ0) is 24.4. The molecule has 0 radical (unpaired) electrons. The van der Waals surface area contributed by atoms with Crippen molar-refractivity contribution in [1.82, 2.24) is 9.97 Å². The molecule has 174 valence electrons. The molecule has 2 heterocycles. The standard InChI is InChI=1S/C23H14F5N3O2S/c24-17-13(18(25)20(27)21(28)19(17)26)8-16(33)31-23-22(15-2-1-7-34-15)30-14(9-29-23)12-5-3-11(10-32)4-6-12/h1-7,9,32H,8,10H2,(H,29,31,33). The first-order valence-corrected chi connectivity index (χ1v) is 10.6. The van der Waals surface area contributed by atoms with E-state index in [-0.39, 0.29) is 18.1 Å². The van der Waals surface area contributed by atoms with Crippen LogP contribution in [0.15, 0.2) is 48.0 Å². The van der Waals surface area contributed by atoms with Gasteiger partial charge in [0.1, 0.15) is 5.69 Å². The summed E-state index contributed by atoms with van der Waals surface area (Å²) in [7, 11) is 0. The minimum absolute atomic E-state index is 0.0490. The molecular formula is C23H14F5N3O2S. The van der Waals surface area contributed by atoms with Crippen LogP contribution in [0.1, 0.15) is 11.1 Å². The predicted molar refractivity (Wildman–Crippen MR) is 115 cm³/mol. The summed E-state index contributed by atoms with van der Waals surface area (Å²) in [5.41, 5.74) is 0.837. The number of hydrogen-bond acceptors (Lipinski definition) is 5. The molecule has 0 aliphatic carbocycles. The molecule has 0 aliphatic heterocycles. The van der Waals surface area contributed by atoms with E-state index in [0.29, 0.717) is 21.7 Å². The molecule has 0 spiro atoms. The van der Waals surface area contributed by atoms with Gasteiger partial charge in [0.15, 0.2) is 29.1 Å². The Hall–Kier alpha value is -3.70. The van der Waals surface area contributed by atoms with E-state index in [1.165, 1.54) is 17.5 Å². The summed E-state index contributed by atoms with van der Waals surface area (Å²) in [5.74, 6) is -11.8. The smallest absolute Gasteiger partial charge is 0.230 e. The molecule has 1 amide bonds. The number of carbonyl (C=O) groups excluding carboxylic acids is 1. The number of nitrogens with zero attached hydrogens (tertiary/aromatic N) is 2. The summed E-state index contributed by atoms with van der Waals surface area (Å²) >= 11 is 1.29. The third-order valence-electron chi connectivity index (χ3n) is 4.86. The van der Waals surface area contributed by atoms with Crippen molar-refractivity contribution in [1.29, 1.82) is 0 Å². The summed E-state index contributed by atoms with van der Waals surface area (Å²) < 4.78 is 68.1. The first kappa shape index (κ1) is 23.5. The van der Waals surface area contributed by atoms with Crippen molar-refractivity contribution < 1.29 is 31.9 Å². The third-order valence-corrected chi connectivity index (χ3v) is 5.73. The first-order chi connectivity index (χ1) is 16.3. The van der Waals surface area contributed by atoms with Gasteiger partial charge in [0.05, 0.1) is 29.8 Å². The van der Waals surface area contributed by atoms with E-state index in [9.17, 15) is 31.9 Å². The highest BCUT2D eigenvalue weighted by Gasteiger charge is 2.27. The second-order valence-electron chi connectivity index (χ2n) is 7.06. The van der Waals surface area contributed by atoms with E-state index >= 15 is 0 Å². The second-order valence-corrected chi connectivity index (χ2v) is 8.01. The fourth-order valence-electron chi connectivity index (χ4n) is 3.13. The quantitative estimate of drug-likeness (QED) is 0.220. The normalized spacial score (nSPS) is 11.0. The highest BCUT2D eigenvalue weighted by molar-refractivity contribution is 7.13. The highest BCUT2D eigenvalue weighted by Crippen LogP contribution is 2.31. The van der Waals surface area contributed by atoms with E-state index in [0.717, 1.165) is 0 Å². The Morgan fingerprint density at radius 3 is 2.18 bits per heavy atom. The maximum absolute atomic E-state index is 14.0. The van der Waals surface area contributed by atoms with Gasteiger partial charge in [-0.15, -0.1) is 11.3 Å². The van der Waals surface area contributed by atoms with Crippen LogP contribution in [0.25, 0.3) is 21.8 Å². The Bertz CT molecular complexity index is 1330. The van der Waals surface area contributed by atoms with Crippen LogP contribution in [0.2, 0.25) is 0 Å². The van der Waals surface area contributed by atoms with Gasteiger partial charge < -0.3 is 10.4 Å². The van der Waals surface area contributed by atoms with E-state index in [1.807, 2.05) is 0 Å². The average molecular weight is 491 g/mol. The maximum Gasteiger partial charge on any atom is 0.230 e. The molecule has 0 aliphatic rings. The van der Waals surface area contributed by atoms with Crippen LogP contribution >= 0.6 is 11.3 Å². The van der Waals surface area contributed by atoms with E-state index in [1.54, 1.807) is 41.8 Å². The van der Waals surface area contributed by atoms with Gasteiger partial charge in [-0.2, -0.15) is 0 Å². The SMILES string of the molecule is O=C(Cc1c(F)c(F)c(F)c(F)c1F)Nc1ncc(-c2ccc(CO)cc2)nc1-c1cccs1. The molecule has 4 aromatic rings. The largest absolute Gasteiger partial charge is 0.392 e. The van der Waals surface area contributed by atoms with Crippen molar-refractivity contribution in [2.24, 2.45) is 0 Å². The molecular weight excluding hydrogens is 477 g/mol. The van der Waals surface area contributed by atoms with Crippen LogP contribution in [-0.4, -0.2) is 21.0 Å². The monoisotopic (exact) mass is 491 g/mol. The number of aromatic nitrogens is 2. The van der Waals surface area contributed by atoms with Gasteiger partial charge in [0.25, 0.3) is 0 Å². The second kappa shape index (κ2) is 9.65. The number of rotatable bonds is 6. The van der Waals surface area contributed by atoms with Crippen molar-refractivity contribution in [3.63, 3.8) is 0 Å². The third kappa shape index (κ3) is 4.52. The van der Waals surface area contributed by atoms with Crippen molar-refractivity contribution in [2.45, 2.75) is 13.0 Å². The Kier molecular flexibility index (Phi) is 6.66. The van der Waals surface area contributed by atoms with Crippen LogP contribution in [-0.2, 0) is 17.8 Å². The number of hydrogen-bond donors (Lipinski definition) is 2. The van der Waals surface area contributed by atoms with E-state index in [4.69, 9.17) is 0 Å². The summed E-state index contributed by atoms with van der Waals surface area (Å²) in [5, 5.41) is 13.3. The number of halogens is 5. The molecule has 0 saturated carbocycles. The van der Waals surface area contributed by atoms with Crippen LogP contribution in [0.5, 0.6) is 0 Å². The zero-order valence-electron chi connectivity index (χ0n) is 17.1. The molecule has 0 fully saturated rings. The summed E-state index contributed by atoms with van der Waals surface area (Å²) in [6.45, 7) is -0.125. The molecule has 2 aromatic heterocycles. The minimum Gasteiger partial charge on any atom is -0.392 e. The lowest BCUT2D eigenvalue weighted by Crippen LogP contribution is -2.19. The number of amides is 1. The molecule has 34 heavy (non-hydrogen) atoms. The molecule has 11 heteroatoms. The van der Waals surface area contributed by atoms with Crippen LogP contribution in [0.3, 0.4) is 0 Å². The van der Waals surface area contributed by atoms with Gasteiger partial charge in [-0.25, -0.2) is 31.9 Å². The summed E-state index contributed by atoms with van der Waals surface area (Å²) in [6.07, 6.45) is 0.251. The number of thiophene rings is 1. The molecule has 0 bridgehead atoms. The van der Waals surface area contributed by atoms with Crippen LogP contribution in [0, 0.1) is 29.1 Å². The van der Waals surface area contributed by atoms with Gasteiger partial charge in [0.2, 0.25) is 11.7 Å². The number of aliphatic hydroxyl groups is 1. The lowest BCUT2D eigenvalue weighted by Gasteiger charge is -2.12. The van der Waals surface area contributed by atoms with E-state index < -0.39 is 47.0 Å². The highest BCUT2D eigenvalue weighted by atomic mass is 32.1. The predicted octanol–water partition coefficient (Wildman–Crippen LogP) is 5.24. The summed E-state index contributed by atoms with van der Waals surface area (Å²) in [4.78, 5) is 21.8. The Balaban J connectivity index is 1.66. The lowest BCUT2D eigenvalue weighted by atomic mass is 10.1. The van der Waals surface area contributed by atoms with Gasteiger partial charge in [-0.3, -0.25) is 4.79 Å². The number of aliphatic hydroxyl groups excluding tert-OH is 1. The maximum atomic E-state index is 14.0. The van der Waals surface area contributed by atoms with Crippen LogP contribution in [0.4, 0.5) is 27.8 Å². The molecule has 0 saturated heterocycles. The molecule has 2 N–H and O–H groups in total. The molecule has 5 nitrogen and oxygen atoms in total. The molecule has 2 aromatic carbocycles. The van der Waals surface area contributed by atoms with Crippen molar-refractivity contribution in [3.8, 4) is 21.8 Å². The lowest BCUT2D eigenvalue weighted by molar-refractivity contribution is -0.115. The van der Waals surface area contributed by atoms with Gasteiger partial charge >= 0.3 is 0 Å². The minimum atomic E-state index is -2.30. The number of benzene rings is 2.